The number of ether oxygens (including phenoxy) is 2. The van der Waals surface area contributed by atoms with Crippen LogP contribution in [-0.2, 0) is 0 Å². The summed E-state index contributed by atoms with van der Waals surface area (Å²) in [5.41, 5.74) is 1.51. The molecule has 148 valence electrons. The molecule has 0 radical (unpaired) electrons. The molecule has 2 amide bonds. The van der Waals surface area contributed by atoms with Gasteiger partial charge in [0, 0.05) is 23.5 Å². The van der Waals surface area contributed by atoms with Gasteiger partial charge >= 0.3 is 0 Å². The van der Waals surface area contributed by atoms with Gasteiger partial charge in [-0.1, -0.05) is 11.6 Å². The maximum Gasteiger partial charge on any atom is 0.257 e. The van der Waals surface area contributed by atoms with Crippen LogP contribution in [0.4, 0.5) is 11.4 Å². The van der Waals surface area contributed by atoms with Crippen LogP contribution in [0, 0.1) is 0 Å². The number of nitrogens with one attached hydrogen (secondary N) is 2. The molecule has 0 aliphatic rings. The average Bonchev–Trinajstić information content (AvgIpc) is 2.75. The van der Waals surface area contributed by atoms with E-state index < -0.39 is 5.91 Å². The van der Waals surface area contributed by atoms with Crippen molar-refractivity contribution in [1.29, 1.82) is 0 Å². The summed E-state index contributed by atoms with van der Waals surface area (Å²) in [5.74, 6) is 0.176. The van der Waals surface area contributed by atoms with Gasteiger partial charge in [0.1, 0.15) is 11.5 Å². The summed E-state index contributed by atoms with van der Waals surface area (Å²) in [5, 5.41) is 5.71. The summed E-state index contributed by atoms with van der Waals surface area (Å²) < 4.78 is 10.4. The lowest BCUT2D eigenvalue weighted by Crippen LogP contribution is -2.15. The van der Waals surface area contributed by atoms with Gasteiger partial charge in [-0.2, -0.15) is 0 Å². The second kappa shape index (κ2) is 9.07. The van der Waals surface area contributed by atoms with Gasteiger partial charge in [0.15, 0.2) is 0 Å². The molecule has 8 heteroatoms. The molecule has 3 rings (SSSR count). The van der Waals surface area contributed by atoms with Gasteiger partial charge in [-0.25, -0.2) is 0 Å². The molecule has 1 heterocycles. The summed E-state index contributed by atoms with van der Waals surface area (Å²) in [7, 11) is 3.01. The fourth-order valence-electron chi connectivity index (χ4n) is 2.55. The van der Waals surface area contributed by atoms with E-state index in [2.05, 4.69) is 15.6 Å². The number of benzene rings is 2. The number of rotatable bonds is 6. The van der Waals surface area contributed by atoms with Gasteiger partial charge in [0.05, 0.1) is 36.7 Å². The second-order valence-corrected chi connectivity index (χ2v) is 6.35. The molecule has 0 unspecified atom stereocenters. The maximum atomic E-state index is 12.6. The fourth-order valence-corrected chi connectivity index (χ4v) is 2.76. The number of aromatic nitrogens is 1. The molecule has 7 nitrogen and oxygen atoms in total. The summed E-state index contributed by atoms with van der Waals surface area (Å²) in [6, 6.07) is 12.9. The number of pyridine rings is 1. The van der Waals surface area contributed by atoms with Gasteiger partial charge < -0.3 is 20.1 Å². The number of amides is 2. The van der Waals surface area contributed by atoms with Crippen LogP contribution in [0.2, 0.25) is 5.02 Å². The number of anilines is 2. The average molecular weight is 412 g/mol. The third-order valence-corrected chi connectivity index (χ3v) is 4.33. The van der Waals surface area contributed by atoms with E-state index >= 15 is 0 Å². The predicted octanol–water partition coefficient (Wildman–Crippen LogP) is 4.26. The zero-order valence-corrected chi connectivity index (χ0v) is 16.5. The zero-order valence-electron chi connectivity index (χ0n) is 15.7. The van der Waals surface area contributed by atoms with E-state index in [1.54, 1.807) is 48.7 Å². The Bertz CT molecular complexity index is 1020. The minimum Gasteiger partial charge on any atom is -0.497 e. The topological polar surface area (TPSA) is 89.5 Å². The van der Waals surface area contributed by atoms with Crippen molar-refractivity contribution < 1.29 is 19.1 Å². The molecule has 2 aromatic carbocycles. The highest BCUT2D eigenvalue weighted by Gasteiger charge is 2.15. The number of hydrogen-bond acceptors (Lipinski definition) is 5. The molecule has 1 aromatic heterocycles. The van der Waals surface area contributed by atoms with Crippen molar-refractivity contribution >= 4 is 34.8 Å². The first kappa shape index (κ1) is 20.2. The first-order valence-corrected chi connectivity index (χ1v) is 8.93. The zero-order chi connectivity index (χ0) is 20.8. The standard InChI is InChI=1S/C21H18ClN3O4/c1-28-16-8-13(9-17(11-16)29-2)20(26)24-14-5-6-19(22)18(10-14)21(27)25-15-4-3-7-23-12-15/h3-12H,1-2H3,(H,24,26)(H,25,27). The minimum atomic E-state index is -0.415. The molecule has 0 saturated heterocycles. The molecule has 0 atom stereocenters. The first-order valence-electron chi connectivity index (χ1n) is 8.55. The van der Waals surface area contributed by atoms with Crippen molar-refractivity contribution in [3.8, 4) is 11.5 Å². The van der Waals surface area contributed by atoms with Crippen LogP contribution in [0.5, 0.6) is 11.5 Å². The first-order chi connectivity index (χ1) is 14.0. The van der Waals surface area contributed by atoms with Crippen LogP contribution in [0.15, 0.2) is 60.9 Å². The molecular formula is C21H18ClN3O4. The van der Waals surface area contributed by atoms with E-state index in [0.717, 1.165) is 0 Å². The van der Waals surface area contributed by atoms with Gasteiger partial charge in [-0.05, 0) is 42.5 Å². The van der Waals surface area contributed by atoms with E-state index in [1.807, 2.05) is 0 Å². The minimum absolute atomic E-state index is 0.219. The summed E-state index contributed by atoms with van der Waals surface area (Å²) in [4.78, 5) is 29.1. The van der Waals surface area contributed by atoms with Crippen molar-refractivity contribution in [2.75, 3.05) is 24.9 Å². The molecule has 0 saturated carbocycles. The lowest BCUT2D eigenvalue weighted by Gasteiger charge is -2.11. The third kappa shape index (κ3) is 5.03. The molecule has 0 aliphatic carbocycles. The fraction of sp³-hybridized carbons (Fsp3) is 0.0952. The van der Waals surface area contributed by atoms with Crippen LogP contribution < -0.4 is 20.1 Å². The molecular weight excluding hydrogens is 394 g/mol. The van der Waals surface area contributed by atoms with Crippen molar-refractivity contribution in [2.45, 2.75) is 0 Å². The number of carbonyl (C=O) groups is 2. The summed E-state index contributed by atoms with van der Waals surface area (Å²) in [6.45, 7) is 0. The van der Waals surface area contributed by atoms with Crippen LogP contribution in [-0.4, -0.2) is 31.0 Å². The highest BCUT2D eigenvalue weighted by molar-refractivity contribution is 6.34. The van der Waals surface area contributed by atoms with E-state index in [0.29, 0.717) is 28.4 Å². The molecule has 3 aromatic rings. The monoisotopic (exact) mass is 411 g/mol. The van der Waals surface area contributed by atoms with Gasteiger partial charge in [-0.3, -0.25) is 14.6 Å². The Morgan fingerprint density at radius 1 is 0.897 bits per heavy atom. The Morgan fingerprint density at radius 2 is 1.59 bits per heavy atom. The Hall–Kier alpha value is -3.58. The highest BCUT2D eigenvalue weighted by atomic mass is 35.5. The van der Waals surface area contributed by atoms with Gasteiger partial charge in [0.25, 0.3) is 11.8 Å². The number of carbonyl (C=O) groups excluding carboxylic acids is 2. The third-order valence-electron chi connectivity index (χ3n) is 4.00. The van der Waals surface area contributed by atoms with E-state index in [1.165, 1.54) is 26.5 Å². The van der Waals surface area contributed by atoms with Crippen LogP contribution in [0.25, 0.3) is 0 Å². The Kier molecular flexibility index (Phi) is 6.31. The van der Waals surface area contributed by atoms with E-state index in [4.69, 9.17) is 21.1 Å². The van der Waals surface area contributed by atoms with Crippen molar-refractivity contribution in [3.63, 3.8) is 0 Å². The molecule has 0 fully saturated rings. The van der Waals surface area contributed by atoms with Crippen molar-refractivity contribution in [2.24, 2.45) is 0 Å². The van der Waals surface area contributed by atoms with Gasteiger partial charge in [0.2, 0.25) is 0 Å². The number of nitrogens with zero attached hydrogens (tertiary/aromatic N) is 1. The highest BCUT2D eigenvalue weighted by Crippen LogP contribution is 2.25. The molecule has 2 N–H and O–H groups in total. The lowest BCUT2D eigenvalue weighted by atomic mass is 10.1. The number of halogens is 1. The number of methoxy groups -OCH3 is 2. The summed E-state index contributed by atoms with van der Waals surface area (Å²) in [6.07, 6.45) is 3.12. The Labute approximate surface area is 172 Å². The summed E-state index contributed by atoms with van der Waals surface area (Å²) >= 11 is 6.17. The van der Waals surface area contributed by atoms with Crippen LogP contribution >= 0.6 is 11.6 Å². The predicted molar refractivity (Wildman–Crippen MR) is 111 cm³/mol. The maximum absolute atomic E-state index is 12.6. The molecule has 29 heavy (non-hydrogen) atoms. The number of hydrogen-bond donors (Lipinski definition) is 2. The van der Waals surface area contributed by atoms with E-state index in [9.17, 15) is 9.59 Å². The van der Waals surface area contributed by atoms with Crippen molar-refractivity contribution in [3.05, 3.63) is 77.1 Å². The van der Waals surface area contributed by atoms with Crippen LogP contribution in [0.3, 0.4) is 0 Å². The molecule has 0 spiro atoms. The smallest absolute Gasteiger partial charge is 0.257 e. The van der Waals surface area contributed by atoms with Gasteiger partial charge in [-0.15, -0.1) is 0 Å². The lowest BCUT2D eigenvalue weighted by molar-refractivity contribution is 0.101. The van der Waals surface area contributed by atoms with Crippen molar-refractivity contribution in [1.82, 2.24) is 4.98 Å². The molecule has 0 bridgehead atoms. The SMILES string of the molecule is COc1cc(OC)cc(C(=O)Nc2ccc(Cl)c(C(=O)Nc3cccnc3)c2)c1. The Balaban J connectivity index is 1.81. The van der Waals surface area contributed by atoms with E-state index in [-0.39, 0.29) is 16.5 Å². The second-order valence-electron chi connectivity index (χ2n) is 5.95. The normalized spacial score (nSPS) is 10.2. The Morgan fingerprint density at radius 3 is 2.21 bits per heavy atom. The van der Waals surface area contributed by atoms with Crippen LogP contribution in [0.1, 0.15) is 20.7 Å². The quantitative estimate of drug-likeness (QED) is 0.632. The molecule has 0 aliphatic heterocycles. The largest absolute Gasteiger partial charge is 0.497 e.